The van der Waals surface area contributed by atoms with Crippen LogP contribution in [0, 0.1) is 0 Å². The van der Waals surface area contributed by atoms with Gasteiger partial charge < -0.3 is 9.42 Å². The summed E-state index contributed by atoms with van der Waals surface area (Å²) >= 11 is 0. The molecule has 0 unspecified atom stereocenters. The van der Waals surface area contributed by atoms with Gasteiger partial charge in [-0.25, -0.2) is 4.98 Å². The van der Waals surface area contributed by atoms with Gasteiger partial charge in [0.05, 0.1) is 6.54 Å². The molecule has 24 heavy (non-hydrogen) atoms. The van der Waals surface area contributed by atoms with E-state index in [9.17, 15) is 4.79 Å². The third-order valence-corrected chi connectivity index (χ3v) is 3.43. The highest BCUT2D eigenvalue weighted by molar-refractivity contribution is 5.75. The van der Waals surface area contributed by atoms with Crippen LogP contribution in [0.25, 0.3) is 11.4 Å². The summed E-state index contributed by atoms with van der Waals surface area (Å²) in [5.74, 6) is 0.863. The minimum atomic E-state index is 0.0104. The van der Waals surface area contributed by atoms with Crippen LogP contribution in [0.2, 0.25) is 0 Å². The molecule has 0 spiro atoms. The van der Waals surface area contributed by atoms with Crippen LogP contribution in [0.5, 0.6) is 0 Å². The summed E-state index contributed by atoms with van der Waals surface area (Å²) in [6, 6.07) is 3.65. The fourth-order valence-electron chi connectivity index (χ4n) is 2.15. The fourth-order valence-corrected chi connectivity index (χ4v) is 2.15. The maximum atomic E-state index is 12.1. The van der Waals surface area contributed by atoms with Gasteiger partial charge in [0.25, 0.3) is 0 Å². The van der Waals surface area contributed by atoms with E-state index in [4.69, 9.17) is 4.52 Å². The zero-order valence-corrected chi connectivity index (χ0v) is 13.2. The van der Waals surface area contributed by atoms with Crippen LogP contribution in [0.4, 0.5) is 0 Å². The summed E-state index contributed by atoms with van der Waals surface area (Å²) in [6.07, 6.45) is 7.55. The Hall–Kier alpha value is -3.10. The van der Waals surface area contributed by atoms with Gasteiger partial charge in [-0.2, -0.15) is 10.1 Å². The molecule has 3 aromatic rings. The number of aryl methyl sites for hydroxylation is 1. The van der Waals surface area contributed by atoms with Gasteiger partial charge in [0, 0.05) is 38.0 Å². The first kappa shape index (κ1) is 15.8. The number of hydrogen-bond donors (Lipinski definition) is 0. The summed E-state index contributed by atoms with van der Waals surface area (Å²) in [4.78, 5) is 25.9. The van der Waals surface area contributed by atoms with Crippen LogP contribution in [-0.2, 0) is 17.9 Å². The summed E-state index contributed by atoms with van der Waals surface area (Å²) in [6.45, 7) is 0.931. The largest absolute Gasteiger partial charge is 0.337 e. The van der Waals surface area contributed by atoms with Crippen molar-refractivity contribution in [1.29, 1.82) is 0 Å². The first-order valence-electron chi connectivity index (χ1n) is 7.52. The minimum Gasteiger partial charge on any atom is -0.337 e. The Morgan fingerprint density at radius 2 is 2.29 bits per heavy atom. The van der Waals surface area contributed by atoms with Crippen LogP contribution in [-0.4, -0.2) is 47.7 Å². The Labute approximate surface area is 138 Å². The number of pyridine rings is 1. The van der Waals surface area contributed by atoms with E-state index in [1.807, 2.05) is 6.07 Å². The van der Waals surface area contributed by atoms with Gasteiger partial charge in [-0.3, -0.25) is 14.5 Å². The zero-order valence-electron chi connectivity index (χ0n) is 13.2. The number of rotatable bonds is 7. The lowest BCUT2D eigenvalue weighted by Gasteiger charge is -2.14. The van der Waals surface area contributed by atoms with Gasteiger partial charge in [0.1, 0.15) is 12.7 Å². The Bertz CT molecular complexity index is 770. The molecule has 9 nitrogen and oxygen atoms in total. The second-order valence-corrected chi connectivity index (χ2v) is 5.27. The third-order valence-electron chi connectivity index (χ3n) is 3.43. The van der Waals surface area contributed by atoms with E-state index >= 15 is 0 Å². The quantitative estimate of drug-likeness (QED) is 0.641. The molecule has 0 bridgehead atoms. The van der Waals surface area contributed by atoms with Crippen molar-refractivity contribution in [3.05, 3.63) is 43.1 Å². The summed E-state index contributed by atoms with van der Waals surface area (Å²) in [5.41, 5.74) is 0.773. The molecule has 0 N–H and O–H groups in total. The summed E-state index contributed by atoms with van der Waals surface area (Å²) in [5, 5.41) is 7.91. The first-order valence-corrected chi connectivity index (χ1v) is 7.52. The standard InChI is InChI=1S/C15H17N7O2/c1-21(14(23)5-3-7-22-11-17-10-18-22)9-13-19-15(20-24-13)12-4-2-6-16-8-12/h2,4,6,8,10-11H,3,5,7,9H2,1H3. The smallest absolute Gasteiger partial charge is 0.246 e. The average molecular weight is 327 g/mol. The number of hydrogen-bond acceptors (Lipinski definition) is 7. The maximum absolute atomic E-state index is 12.1. The van der Waals surface area contributed by atoms with Crippen LogP contribution >= 0.6 is 0 Å². The monoisotopic (exact) mass is 327 g/mol. The highest BCUT2D eigenvalue weighted by atomic mass is 16.5. The van der Waals surface area contributed by atoms with Gasteiger partial charge in [0.2, 0.25) is 17.6 Å². The molecular weight excluding hydrogens is 310 g/mol. The molecule has 0 aliphatic rings. The summed E-state index contributed by atoms with van der Waals surface area (Å²) in [7, 11) is 1.71. The highest BCUT2D eigenvalue weighted by Crippen LogP contribution is 2.14. The van der Waals surface area contributed by atoms with E-state index in [-0.39, 0.29) is 12.5 Å². The molecule has 0 aliphatic heterocycles. The van der Waals surface area contributed by atoms with Crippen LogP contribution < -0.4 is 0 Å². The van der Waals surface area contributed by atoms with E-state index < -0.39 is 0 Å². The molecule has 124 valence electrons. The van der Waals surface area contributed by atoms with Crippen molar-refractivity contribution in [2.75, 3.05) is 7.05 Å². The normalized spacial score (nSPS) is 10.7. The van der Waals surface area contributed by atoms with Crippen LogP contribution in [0.1, 0.15) is 18.7 Å². The van der Waals surface area contributed by atoms with E-state index in [2.05, 4.69) is 25.2 Å². The SMILES string of the molecule is CN(Cc1nc(-c2cccnc2)no1)C(=O)CCCn1cncn1. The third kappa shape index (κ3) is 4.00. The number of nitrogens with zero attached hydrogens (tertiary/aromatic N) is 7. The molecule has 3 rings (SSSR count). The van der Waals surface area contributed by atoms with Gasteiger partial charge in [-0.15, -0.1) is 0 Å². The maximum Gasteiger partial charge on any atom is 0.246 e. The molecule has 0 radical (unpaired) electrons. The lowest BCUT2D eigenvalue weighted by Crippen LogP contribution is -2.26. The number of amides is 1. The second kappa shape index (κ2) is 7.44. The van der Waals surface area contributed by atoms with E-state index in [1.54, 1.807) is 41.4 Å². The number of carbonyl (C=O) groups excluding carboxylic acids is 1. The molecule has 0 saturated heterocycles. The van der Waals surface area contributed by atoms with Gasteiger partial charge in [0.15, 0.2) is 0 Å². The molecule has 0 aromatic carbocycles. The second-order valence-electron chi connectivity index (χ2n) is 5.27. The number of aromatic nitrogens is 6. The fraction of sp³-hybridized carbons (Fsp3) is 0.333. The predicted octanol–water partition coefficient (Wildman–Crippen LogP) is 1.16. The van der Waals surface area contributed by atoms with Gasteiger partial charge >= 0.3 is 0 Å². The molecule has 0 saturated carbocycles. The molecule has 3 heterocycles. The van der Waals surface area contributed by atoms with Gasteiger partial charge in [-0.1, -0.05) is 5.16 Å². The molecule has 0 fully saturated rings. The average Bonchev–Trinajstić information content (AvgIpc) is 3.27. The van der Waals surface area contributed by atoms with Crippen LogP contribution in [0.3, 0.4) is 0 Å². The molecule has 3 aromatic heterocycles. The predicted molar refractivity (Wildman–Crippen MR) is 83.3 cm³/mol. The molecular formula is C15H17N7O2. The van der Waals surface area contributed by atoms with Crippen molar-refractivity contribution in [2.24, 2.45) is 0 Å². The van der Waals surface area contributed by atoms with Gasteiger partial charge in [-0.05, 0) is 18.6 Å². The minimum absolute atomic E-state index is 0.0104. The topological polar surface area (TPSA) is 103 Å². The van der Waals surface area contributed by atoms with E-state index in [0.717, 1.165) is 5.56 Å². The van der Waals surface area contributed by atoms with Crippen molar-refractivity contribution in [3.63, 3.8) is 0 Å². The Balaban J connectivity index is 1.50. The van der Waals surface area contributed by atoms with Crippen molar-refractivity contribution in [1.82, 2.24) is 34.8 Å². The van der Waals surface area contributed by atoms with E-state index in [1.165, 1.54) is 6.33 Å². The van der Waals surface area contributed by atoms with Crippen LogP contribution in [0.15, 0.2) is 41.7 Å². The zero-order chi connectivity index (χ0) is 16.8. The van der Waals surface area contributed by atoms with E-state index in [0.29, 0.717) is 31.1 Å². The van der Waals surface area contributed by atoms with Crippen molar-refractivity contribution < 1.29 is 9.32 Å². The highest BCUT2D eigenvalue weighted by Gasteiger charge is 2.14. The molecule has 9 heteroatoms. The van der Waals surface area contributed by atoms with Crippen molar-refractivity contribution in [2.45, 2.75) is 25.9 Å². The lowest BCUT2D eigenvalue weighted by atomic mass is 10.2. The van der Waals surface area contributed by atoms with Crippen molar-refractivity contribution >= 4 is 5.91 Å². The first-order chi connectivity index (χ1) is 11.7. The summed E-state index contributed by atoms with van der Waals surface area (Å²) < 4.78 is 6.90. The Morgan fingerprint density at radius 3 is 3.04 bits per heavy atom. The molecule has 1 amide bonds. The molecule has 0 aliphatic carbocycles. The number of carbonyl (C=O) groups is 1. The lowest BCUT2D eigenvalue weighted by molar-refractivity contribution is -0.130. The Morgan fingerprint density at radius 1 is 1.38 bits per heavy atom. The Kier molecular flexibility index (Phi) is 4.90. The molecule has 0 atom stereocenters. The van der Waals surface area contributed by atoms with Crippen molar-refractivity contribution in [3.8, 4) is 11.4 Å².